The van der Waals surface area contributed by atoms with Crippen LogP contribution in [0.1, 0.15) is 12.8 Å². The van der Waals surface area contributed by atoms with Crippen molar-refractivity contribution in [3.8, 4) is 0 Å². The molecule has 0 saturated carbocycles. The Hall–Kier alpha value is -1.97. The number of hydrazine groups is 1. The first-order valence-electron chi connectivity index (χ1n) is 7.74. The number of carbonyl (C=O) groups is 1. The maximum atomic E-state index is 11.8. The zero-order valence-electron chi connectivity index (χ0n) is 13.0. The van der Waals surface area contributed by atoms with E-state index in [0.717, 1.165) is 29.7 Å². The second-order valence-corrected chi connectivity index (χ2v) is 6.80. The number of para-hydroxylation sites is 1. The number of carbonyl (C=O) groups excluding carboxylic acids is 1. The van der Waals surface area contributed by atoms with Gasteiger partial charge in [-0.25, -0.2) is 4.98 Å². The second kappa shape index (κ2) is 8.22. The molecule has 0 bridgehead atoms. The van der Waals surface area contributed by atoms with E-state index in [0.29, 0.717) is 16.8 Å². The molecule has 1 aliphatic rings. The van der Waals surface area contributed by atoms with Gasteiger partial charge in [-0.15, -0.1) is 0 Å². The van der Waals surface area contributed by atoms with Gasteiger partial charge in [-0.3, -0.25) is 15.6 Å². The van der Waals surface area contributed by atoms with Crippen molar-refractivity contribution in [2.75, 3.05) is 25.0 Å². The van der Waals surface area contributed by atoms with Gasteiger partial charge in [0.2, 0.25) is 0 Å². The summed E-state index contributed by atoms with van der Waals surface area (Å²) in [5.74, 6) is -0.226. The number of thiazole rings is 1. The summed E-state index contributed by atoms with van der Waals surface area (Å²) in [5, 5.41) is 7.11. The van der Waals surface area contributed by atoms with Crippen LogP contribution in [0.4, 0.5) is 5.13 Å². The standard InChI is InChI=1S/C15H19N5O2S2/c21-13(19-20-14(23)16-8-10-4-3-7-22-10)9-17-15-18-11-5-1-2-6-12(11)24-15/h1-2,5-6,10H,3-4,7-9H2,(H,17,18)(H,19,21)(H2,16,20,23)/t10-/m0/s1. The predicted molar refractivity (Wildman–Crippen MR) is 99.0 cm³/mol. The molecular weight excluding hydrogens is 346 g/mol. The Labute approximate surface area is 149 Å². The first kappa shape index (κ1) is 16.9. The maximum Gasteiger partial charge on any atom is 0.257 e. The second-order valence-electron chi connectivity index (χ2n) is 5.36. The number of nitrogens with zero attached hydrogens (tertiary/aromatic N) is 1. The van der Waals surface area contributed by atoms with E-state index in [9.17, 15) is 4.79 Å². The number of ether oxygens (including phenoxy) is 1. The average Bonchev–Trinajstić information content (AvgIpc) is 3.25. The molecule has 3 rings (SSSR count). The number of aromatic nitrogens is 1. The maximum absolute atomic E-state index is 11.8. The number of amides is 1. The SMILES string of the molecule is O=C(CNc1nc2ccccc2s1)NNC(=S)NC[C@@H]1CCCO1. The fraction of sp³-hybridized carbons (Fsp3) is 0.400. The van der Waals surface area contributed by atoms with E-state index in [-0.39, 0.29) is 18.6 Å². The van der Waals surface area contributed by atoms with Crippen molar-refractivity contribution in [2.45, 2.75) is 18.9 Å². The smallest absolute Gasteiger partial charge is 0.257 e. The minimum atomic E-state index is -0.226. The highest BCUT2D eigenvalue weighted by molar-refractivity contribution is 7.80. The molecule has 0 unspecified atom stereocenters. The molecule has 0 spiro atoms. The quantitative estimate of drug-likeness (QED) is 0.470. The largest absolute Gasteiger partial charge is 0.376 e. The van der Waals surface area contributed by atoms with Crippen LogP contribution in [0.25, 0.3) is 10.2 Å². The summed E-state index contributed by atoms with van der Waals surface area (Å²) >= 11 is 6.62. The van der Waals surface area contributed by atoms with Crippen molar-refractivity contribution >= 4 is 49.9 Å². The summed E-state index contributed by atoms with van der Waals surface area (Å²) in [6.45, 7) is 1.56. The Morgan fingerprint density at radius 3 is 3.04 bits per heavy atom. The van der Waals surface area contributed by atoms with Crippen molar-refractivity contribution in [3.63, 3.8) is 0 Å². The first-order valence-corrected chi connectivity index (χ1v) is 8.97. The van der Waals surface area contributed by atoms with Crippen molar-refractivity contribution in [2.24, 2.45) is 0 Å². The molecular formula is C15H19N5O2S2. The van der Waals surface area contributed by atoms with Crippen molar-refractivity contribution in [1.82, 2.24) is 21.2 Å². The molecule has 0 radical (unpaired) electrons. The number of rotatable bonds is 5. The van der Waals surface area contributed by atoms with E-state index in [1.165, 1.54) is 11.3 Å². The van der Waals surface area contributed by atoms with Crippen LogP contribution in [0.3, 0.4) is 0 Å². The highest BCUT2D eigenvalue weighted by atomic mass is 32.1. The molecule has 2 aromatic rings. The summed E-state index contributed by atoms with van der Waals surface area (Å²) in [5.41, 5.74) is 6.14. The predicted octanol–water partition coefficient (Wildman–Crippen LogP) is 1.38. The van der Waals surface area contributed by atoms with Gasteiger partial charge in [-0.05, 0) is 37.2 Å². The van der Waals surface area contributed by atoms with Crippen LogP contribution in [-0.2, 0) is 9.53 Å². The van der Waals surface area contributed by atoms with E-state index >= 15 is 0 Å². The van der Waals surface area contributed by atoms with E-state index in [2.05, 4.69) is 26.5 Å². The van der Waals surface area contributed by atoms with Gasteiger partial charge in [0.1, 0.15) is 0 Å². The van der Waals surface area contributed by atoms with Gasteiger partial charge in [0, 0.05) is 13.2 Å². The van der Waals surface area contributed by atoms with Crippen LogP contribution in [0, 0.1) is 0 Å². The summed E-state index contributed by atoms with van der Waals surface area (Å²) in [6, 6.07) is 7.84. The van der Waals surface area contributed by atoms with Crippen LogP contribution < -0.4 is 21.5 Å². The third-order valence-electron chi connectivity index (χ3n) is 3.52. The zero-order chi connectivity index (χ0) is 16.8. The zero-order valence-corrected chi connectivity index (χ0v) is 14.6. The Kier molecular flexibility index (Phi) is 5.78. The van der Waals surface area contributed by atoms with E-state index in [1.807, 2.05) is 24.3 Å². The van der Waals surface area contributed by atoms with Gasteiger partial charge in [0.25, 0.3) is 5.91 Å². The molecule has 9 heteroatoms. The summed E-state index contributed by atoms with van der Waals surface area (Å²) in [4.78, 5) is 16.2. The molecule has 7 nitrogen and oxygen atoms in total. The van der Waals surface area contributed by atoms with Crippen LogP contribution in [-0.4, -0.2) is 41.8 Å². The van der Waals surface area contributed by atoms with Crippen LogP contribution in [0.2, 0.25) is 0 Å². The highest BCUT2D eigenvalue weighted by Crippen LogP contribution is 2.24. The summed E-state index contributed by atoms with van der Waals surface area (Å²) in [7, 11) is 0. The number of nitrogens with one attached hydrogen (secondary N) is 4. The lowest BCUT2D eigenvalue weighted by Crippen LogP contribution is -2.49. The Bertz CT molecular complexity index is 682. The van der Waals surface area contributed by atoms with Gasteiger partial charge in [0.15, 0.2) is 10.2 Å². The highest BCUT2D eigenvalue weighted by Gasteiger charge is 2.15. The van der Waals surface area contributed by atoms with Crippen LogP contribution in [0.5, 0.6) is 0 Å². The average molecular weight is 365 g/mol. The topological polar surface area (TPSA) is 87.3 Å². The molecule has 1 amide bonds. The third kappa shape index (κ3) is 4.76. The number of fused-ring (bicyclic) bond motifs is 1. The number of benzene rings is 1. The number of anilines is 1. The lowest BCUT2D eigenvalue weighted by Gasteiger charge is -2.14. The van der Waals surface area contributed by atoms with Gasteiger partial charge in [-0.2, -0.15) is 0 Å². The fourth-order valence-electron chi connectivity index (χ4n) is 2.33. The van der Waals surface area contributed by atoms with Gasteiger partial charge in [0.05, 0.1) is 22.9 Å². The van der Waals surface area contributed by atoms with E-state index < -0.39 is 0 Å². The number of hydrogen-bond donors (Lipinski definition) is 4. The lowest BCUT2D eigenvalue weighted by atomic mass is 10.2. The fourth-order valence-corrected chi connectivity index (χ4v) is 3.33. The van der Waals surface area contributed by atoms with Gasteiger partial charge in [-0.1, -0.05) is 23.5 Å². The molecule has 0 aliphatic carbocycles. The van der Waals surface area contributed by atoms with E-state index in [1.54, 1.807) is 0 Å². The third-order valence-corrected chi connectivity index (χ3v) is 4.76. The van der Waals surface area contributed by atoms with Gasteiger partial charge < -0.3 is 15.4 Å². The minimum Gasteiger partial charge on any atom is -0.376 e. The van der Waals surface area contributed by atoms with Crippen molar-refractivity contribution < 1.29 is 9.53 Å². The monoisotopic (exact) mass is 365 g/mol. The molecule has 24 heavy (non-hydrogen) atoms. The molecule has 1 aliphatic heterocycles. The first-order chi connectivity index (χ1) is 11.7. The molecule has 1 saturated heterocycles. The lowest BCUT2D eigenvalue weighted by molar-refractivity contribution is -0.119. The molecule has 1 aromatic carbocycles. The van der Waals surface area contributed by atoms with Crippen molar-refractivity contribution in [3.05, 3.63) is 24.3 Å². The van der Waals surface area contributed by atoms with Gasteiger partial charge >= 0.3 is 0 Å². The molecule has 1 aromatic heterocycles. The van der Waals surface area contributed by atoms with Crippen LogP contribution >= 0.6 is 23.6 Å². The molecule has 4 N–H and O–H groups in total. The summed E-state index contributed by atoms with van der Waals surface area (Å²) < 4.78 is 6.57. The number of thiocarbonyl (C=S) groups is 1. The van der Waals surface area contributed by atoms with E-state index in [4.69, 9.17) is 17.0 Å². The Balaban J connectivity index is 1.35. The molecule has 1 atom stereocenters. The van der Waals surface area contributed by atoms with Crippen LogP contribution in [0.15, 0.2) is 24.3 Å². The molecule has 2 heterocycles. The van der Waals surface area contributed by atoms with Crippen molar-refractivity contribution in [1.29, 1.82) is 0 Å². The normalized spacial score (nSPS) is 16.8. The Morgan fingerprint density at radius 2 is 2.25 bits per heavy atom. The summed E-state index contributed by atoms with van der Waals surface area (Å²) in [6.07, 6.45) is 2.32. The Morgan fingerprint density at radius 1 is 1.38 bits per heavy atom. The minimum absolute atomic E-state index is 0.112. The molecule has 1 fully saturated rings. The molecule has 128 valence electrons. The number of hydrogen-bond acceptors (Lipinski definition) is 6.